The van der Waals surface area contributed by atoms with Crippen molar-refractivity contribution in [3.63, 3.8) is 0 Å². The highest BCUT2D eigenvalue weighted by Gasteiger charge is 2.35. The van der Waals surface area contributed by atoms with E-state index >= 15 is 0 Å². The number of esters is 1. The number of anilines is 1. The van der Waals surface area contributed by atoms with E-state index in [1.54, 1.807) is 36.1 Å². The molecule has 0 radical (unpaired) electrons. The number of hydrogen-bond acceptors (Lipinski definition) is 4. The first kappa shape index (κ1) is 20.0. The van der Waals surface area contributed by atoms with Gasteiger partial charge in [-0.25, -0.2) is 9.18 Å². The molecular weight excluding hydrogens is 378 g/mol. The molecule has 8 heteroatoms. The van der Waals surface area contributed by atoms with Gasteiger partial charge >= 0.3 is 12.1 Å². The minimum atomic E-state index is -4.43. The monoisotopic (exact) mass is 397 g/mol. The van der Waals surface area contributed by atoms with Crippen molar-refractivity contribution in [3.8, 4) is 5.75 Å². The van der Waals surface area contributed by atoms with Crippen molar-refractivity contribution in [2.75, 3.05) is 24.6 Å². The summed E-state index contributed by atoms with van der Waals surface area (Å²) in [7, 11) is 0. The third-order valence-corrected chi connectivity index (χ3v) is 4.41. The Kier molecular flexibility index (Phi) is 5.76. The lowest BCUT2D eigenvalue weighted by molar-refractivity contribution is -0.137. The SMILES string of the molecule is CCOC(=O)c1ccc(N2C[C@H](Oc3ccc(C(F)(F)F)cc3)[C@@H](F)C2)cc1. The van der Waals surface area contributed by atoms with Crippen molar-refractivity contribution >= 4 is 11.7 Å². The maximum Gasteiger partial charge on any atom is 0.416 e. The van der Waals surface area contributed by atoms with Crippen LogP contribution in [0, 0.1) is 0 Å². The molecule has 0 bridgehead atoms. The first-order valence-corrected chi connectivity index (χ1v) is 8.78. The average molecular weight is 397 g/mol. The molecule has 150 valence electrons. The van der Waals surface area contributed by atoms with Crippen molar-refractivity contribution in [2.45, 2.75) is 25.4 Å². The fraction of sp³-hybridized carbons (Fsp3) is 0.350. The molecule has 0 spiro atoms. The minimum absolute atomic E-state index is 0.0874. The van der Waals surface area contributed by atoms with Crippen molar-refractivity contribution < 1.29 is 31.8 Å². The van der Waals surface area contributed by atoms with Gasteiger partial charge in [0.1, 0.15) is 11.9 Å². The zero-order valence-corrected chi connectivity index (χ0v) is 15.1. The Morgan fingerprint density at radius 1 is 1.07 bits per heavy atom. The zero-order valence-electron chi connectivity index (χ0n) is 15.1. The molecule has 0 aromatic heterocycles. The van der Waals surface area contributed by atoms with Gasteiger partial charge < -0.3 is 14.4 Å². The van der Waals surface area contributed by atoms with Crippen LogP contribution < -0.4 is 9.64 Å². The summed E-state index contributed by atoms with van der Waals surface area (Å²) in [6, 6.07) is 10.8. The van der Waals surface area contributed by atoms with E-state index in [4.69, 9.17) is 9.47 Å². The third kappa shape index (κ3) is 4.55. The van der Waals surface area contributed by atoms with Gasteiger partial charge in [-0.05, 0) is 55.5 Å². The number of hydrogen-bond donors (Lipinski definition) is 0. The van der Waals surface area contributed by atoms with Gasteiger partial charge in [0.2, 0.25) is 0 Å². The summed E-state index contributed by atoms with van der Waals surface area (Å²) in [5.41, 5.74) is 0.333. The second-order valence-corrected chi connectivity index (χ2v) is 6.37. The van der Waals surface area contributed by atoms with E-state index in [-0.39, 0.29) is 25.4 Å². The van der Waals surface area contributed by atoms with Crippen LogP contribution in [0.5, 0.6) is 5.75 Å². The maximum atomic E-state index is 14.4. The molecule has 1 fully saturated rings. The minimum Gasteiger partial charge on any atom is -0.485 e. The van der Waals surface area contributed by atoms with Crippen molar-refractivity contribution in [3.05, 3.63) is 59.7 Å². The van der Waals surface area contributed by atoms with Crippen LogP contribution in [-0.2, 0) is 10.9 Å². The summed E-state index contributed by atoms with van der Waals surface area (Å²) in [5.74, 6) is -0.248. The highest BCUT2D eigenvalue weighted by atomic mass is 19.4. The Morgan fingerprint density at radius 2 is 1.71 bits per heavy atom. The van der Waals surface area contributed by atoms with Crippen LogP contribution in [0.25, 0.3) is 0 Å². The number of halogens is 4. The van der Waals surface area contributed by atoms with Crippen LogP contribution in [0.4, 0.5) is 23.2 Å². The molecule has 1 aliphatic rings. The Morgan fingerprint density at radius 3 is 2.29 bits per heavy atom. The largest absolute Gasteiger partial charge is 0.485 e. The van der Waals surface area contributed by atoms with E-state index in [0.29, 0.717) is 11.3 Å². The summed E-state index contributed by atoms with van der Waals surface area (Å²) in [4.78, 5) is 13.4. The second kappa shape index (κ2) is 8.08. The van der Waals surface area contributed by atoms with Crippen LogP contribution in [0.2, 0.25) is 0 Å². The third-order valence-electron chi connectivity index (χ3n) is 4.41. The van der Waals surface area contributed by atoms with Crippen LogP contribution in [0.1, 0.15) is 22.8 Å². The van der Waals surface area contributed by atoms with E-state index in [1.807, 2.05) is 0 Å². The first-order chi connectivity index (χ1) is 13.3. The lowest BCUT2D eigenvalue weighted by Crippen LogP contribution is -2.27. The second-order valence-electron chi connectivity index (χ2n) is 6.37. The predicted octanol–water partition coefficient (Wildman–Crippen LogP) is 4.49. The van der Waals surface area contributed by atoms with Gasteiger partial charge in [-0.2, -0.15) is 13.2 Å². The van der Waals surface area contributed by atoms with Gasteiger partial charge in [-0.3, -0.25) is 0 Å². The molecule has 0 amide bonds. The summed E-state index contributed by atoms with van der Waals surface area (Å²) in [6.45, 7) is 2.32. The fourth-order valence-corrected chi connectivity index (χ4v) is 2.98. The molecule has 4 nitrogen and oxygen atoms in total. The molecule has 2 aromatic carbocycles. The number of carbonyl (C=O) groups is 1. The van der Waals surface area contributed by atoms with Crippen molar-refractivity contribution in [1.82, 2.24) is 0 Å². The number of benzene rings is 2. The standard InChI is InChI=1S/C20H19F4NO3/c1-2-27-19(26)13-3-7-15(8-4-13)25-11-17(21)18(12-25)28-16-9-5-14(6-10-16)20(22,23)24/h3-10,17-18H,2,11-12H2,1H3/t17-,18-/m0/s1. The van der Waals surface area contributed by atoms with Gasteiger partial charge in [0.05, 0.1) is 30.8 Å². The summed E-state index contributed by atoms with van der Waals surface area (Å²) in [5, 5.41) is 0. The van der Waals surface area contributed by atoms with E-state index in [2.05, 4.69) is 0 Å². The quantitative estimate of drug-likeness (QED) is 0.551. The van der Waals surface area contributed by atoms with E-state index in [9.17, 15) is 22.4 Å². The smallest absolute Gasteiger partial charge is 0.416 e. The predicted molar refractivity (Wildman–Crippen MR) is 95.4 cm³/mol. The summed E-state index contributed by atoms with van der Waals surface area (Å²) < 4.78 is 62.7. The molecule has 1 saturated heterocycles. The molecule has 1 aliphatic heterocycles. The lowest BCUT2D eigenvalue weighted by Gasteiger charge is -2.19. The van der Waals surface area contributed by atoms with E-state index < -0.39 is 30.0 Å². The molecule has 3 rings (SSSR count). The van der Waals surface area contributed by atoms with Gasteiger partial charge in [0, 0.05) is 5.69 Å². The average Bonchev–Trinajstić information content (AvgIpc) is 3.02. The molecule has 0 unspecified atom stereocenters. The number of rotatable bonds is 5. The molecule has 2 aromatic rings. The highest BCUT2D eigenvalue weighted by molar-refractivity contribution is 5.89. The maximum absolute atomic E-state index is 14.4. The summed E-state index contributed by atoms with van der Waals surface area (Å²) >= 11 is 0. The molecule has 28 heavy (non-hydrogen) atoms. The molecule has 0 N–H and O–H groups in total. The highest BCUT2D eigenvalue weighted by Crippen LogP contribution is 2.31. The van der Waals surface area contributed by atoms with Gasteiger partial charge in [-0.15, -0.1) is 0 Å². The number of ether oxygens (including phenoxy) is 2. The molecular formula is C20H19F4NO3. The zero-order chi connectivity index (χ0) is 20.3. The first-order valence-electron chi connectivity index (χ1n) is 8.78. The van der Waals surface area contributed by atoms with Gasteiger partial charge in [-0.1, -0.05) is 0 Å². The normalized spacial score (nSPS) is 19.5. The molecule has 2 atom stereocenters. The lowest BCUT2D eigenvalue weighted by atomic mass is 10.2. The van der Waals surface area contributed by atoms with Crippen LogP contribution in [0.15, 0.2) is 48.5 Å². The molecule has 0 aliphatic carbocycles. The topological polar surface area (TPSA) is 38.8 Å². The van der Waals surface area contributed by atoms with Crippen LogP contribution in [0.3, 0.4) is 0 Å². The Bertz CT molecular complexity index is 806. The molecule has 1 heterocycles. The number of nitrogens with zero attached hydrogens (tertiary/aromatic N) is 1. The molecule has 0 saturated carbocycles. The van der Waals surface area contributed by atoms with Crippen LogP contribution in [-0.4, -0.2) is 37.9 Å². The van der Waals surface area contributed by atoms with Crippen LogP contribution >= 0.6 is 0 Å². The van der Waals surface area contributed by atoms with Crippen molar-refractivity contribution in [1.29, 1.82) is 0 Å². The van der Waals surface area contributed by atoms with E-state index in [1.165, 1.54) is 12.1 Å². The van der Waals surface area contributed by atoms with Gasteiger partial charge in [0.15, 0.2) is 6.17 Å². The Balaban J connectivity index is 1.63. The van der Waals surface area contributed by atoms with E-state index in [0.717, 1.165) is 12.1 Å². The Labute approximate surface area is 159 Å². The van der Waals surface area contributed by atoms with Crippen molar-refractivity contribution in [2.24, 2.45) is 0 Å². The number of alkyl halides is 4. The summed E-state index contributed by atoms with van der Waals surface area (Å²) in [6.07, 6.45) is -6.53. The number of carbonyl (C=O) groups excluding carboxylic acids is 1. The van der Waals surface area contributed by atoms with Gasteiger partial charge in [0.25, 0.3) is 0 Å². The fourth-order valence-electron chi connectivity index (χ4n) is 2.98. The Hall–Kier alpha value is -2.77.